The number of esters is 1. The monoisotopic (exact) mass is 425 g/mol. The molecule has 9 nitrogen and oxygen atoms in total. The summed E-state index contributed by atoms with van der Waals surface area (Å²) in [7, 11) is 1.54. The molecule has 150 valence electrons. The highest BCUT2D eigenvalue weighted by molar-refractivity contribution is 8.00. The number of β-lactam (4-membered cyclic amide) rings is 1. The number of nitrogens with one attached hydrogen (secondary N) is 2. The maximum atomic E-state index is 12.9. The van der Waals surface area contributed by atoms with Crippen LogP contribution in [0.5, 0.6) is 0 Å². The number of hydrogen-bond acceptors (Lipinski definition) is 8. The van der Waals surface area contributed by atoms with Crippen LogP contribution in [-0.4, -0.2) is 64.2 Å². The Balaban J connectivity index is 1.81. The van der Waals surface area contributed by atoms with Gasteiger partial charge in [-0.15, -0.1) is 23.1 Å². The van der Waals surface area contributed by atoms with Crippen LogP contribution in [0.25, 0.3) is 0 Å². The molecule has 1 aromatic rings. The number of thiophene rings is 1. The van der Waals surface area contributed by atoms with Crippen LogP contribution in [0.1, 0.15) is 11.8 Å². The van der Waals surface area contributed by atoms with Crippen molar-refractivity contribution < 1.29 is 29.0 Å². The summed E-state index contributed by atoms with van der Waals surface area (Å²) in [6.45, 7) is 1.03. The minimum Gasteiger partial charge on any atom is -0.477 e. The van der Waals surface area contributed by atoms with Gasteiger partial charge in [0.05, 0.1) is 6.42 Å². The summed E-state index contributed by atoms with van der Waals surface area (Å²) < 4.78 is 4.91. The van der Waals surface area contributed by atoms with Gasteiger partial charge in [0.2, 0.25) is 11.6 Å². The van der Waals surface area contributed by atoms with Gasteiger partial charge < -0.3 is 15.2 Å². The lowest BCUT2D eigenvalue weighted by Gasteiger charge is -2.56. The Labute approximate surface area is 169 Å². The highest BCUT2D eigenvalue weighted by atomic mass is 32.2. The molecule has 1 aromatic heterocycles. The molecule has 0 bridgehead atoms. The number of hydrogen-bond donors (Lipinski definition) is 3. The molecular formula is C17H19N3O6S2. The Morgan fingerprint density at radius 2 is 2.18 bits per heavy atom. The maximum Gasteiger partial charge on any atom is 0.352 e. The normalized spacial score (nSPS) is 23.7. The largest absolute Gasteiger partial charge is 0.477 e. The number of carbonyl (C=O) groups excluding carboxylic acids is 3. The third-order valence-corrected chi connectivity index (χ3v) is 6.72. The number of rotatable bonds is 7. The van der Waals surface area contributed by atoms with Gasteiger partial charge in [-0.2, -0.15) is 0 Å². The third kappa shape index (κ3) is 3.52. The van der Waals surface area contributed by atoms with Crippen molar-refractivity contribution in [2.24, 2.45) is 0 Å². The van der Waals surface area contributed by atoms with Crippen LogP contribution in [0.15, 0.2) is 28.8 Å². The molecule has 0 radical (unpaired) electrons. The van der Waals surface area contributed by atoms with E-state index in [2.05, 4.69) is 10.6 Å². The van der Waals surface area contributed by atoms with Crippen molar-refractivity contribution in [3.63, 3.8) is 0 Å². The summed E-state index contributed by atoms with van der Waals surface area (Å²) >= 11 is 2.74. The average molecular weight is 425 g/mol. The number of aliphatic carboxylic acids is 1. The van der Waals surface area contributed by atoms with Crippen molar-refractivity contribution in [2.75, 3.05) is 19.4 Å². The molecule has 0 aliphatic carbocycles. The fourth-order valence-corrected chi connectivity index (χ4v) is 5.32. The molecule has 0 spiro atoms. The van der Waals surface area contributed by atoms with E-state index in [4.69, 9.17) is 4.74 Å². The van der Waals surface area contributed by atoms with Gasteiger partial charge in [-0.25, -0.2) is 4.79 Å². The zero-order valence-electron chi connectivity index (χ0n) is 15.2. The molecule has 11 heteroatoms. The summed E-state index contributed by atoms with van der Waals surface area (Å²) in [5.74, 6) is -2.46. The minimum absolute atomic E-state index is 0.130. The first-order valence-electron chi connectivity index (χ1n) is 8.36. The van der Waals surface area contributed by atoms with Gasteiger partial charge in [-0.3, -0.25) is 24.6 Å². The van der Waals surface area contributed by atoms with Gasteiger partial charge >= 0.3 is 11.9 Å². The van der Waals surface area contributed by atoms with Crippen LogP contribution >= 0.6 is 23.1 Å². The summed E-state index contributed by atoms with van der Waals surface area (Å²) in [5, 5.41) is 16.4. The van der Waals surface area contributed by atoms with Crippen molar-refractivity contribution in [1.82, 2.24) is 15.5 Å². The summed E-state index contributed by atoms with van der Waals surface area (Å²) in [5.41, 5.74) is -1.24. The lowest BCUT2D eigenvalue weighted by atomic mass is 9.95. The number of carbonyl (C=O) groups is 4. The van der Waals surface area contributed by atoms with E-state index in [0.717, 1.165) is 9.78 Å². The van der Waals surface area contributed by atoms with Gasteiger partial charge in [0.15, 0.2) is 0 Å². The smallest absolute Gasteiger partial charge is 0.352 e. The van der Waals surface area contributed by atoms with Crippen molar-refractivity contribution in [1.29, 1.82) is 0 Å². The van der Waals surface area contributed by atoms with Crippen LogP contribution in [0.2, 0.25) is 0 Å². The molecule has 2 aliphatic heterocycles. The highest BCUT2D eigenvalue weighted by Crippen LogP contribution is 2.45. The van der Waals surface area contributed by atoms with Crippen LogP contribution in [0.3, 0.4) is 0 Å². The lowest BCUT2D eigenvalue weighted by Crippen LogP contribution is -2.84. The van der Waals surface area contributed by atoms with E-state index < -0.39 is 28.9 Å². The second-order valence-electron chi connectivity index (χ2n) is 6.24. The van der Waals surface area contributed by atoms with Crippen LogP contribution in [-0.2, 0) is 30.3 Å². The summed E-state index contributed by atoms with van der Waals surface area (Å²) in [4.78, 5) is 50.2. The van der Waals surface area contributed by atoms with Crippen molar-refractivity contribution in [3.8, 4) is 0 Å². The molecule has 1 fully saturated rings. The van der Waals surface area contributed by atoms with Gasteiger partial charge in [0.1, 0.15) is 17.7 Å². The predicted octanol–water partition coefficient (Wildman–Crippen LogP) is 0.139. The fraction of sp³-hybridized carbons (Fsp3) is 0.412. The Morgan fingerprint density at radius 3 is 2.75 bits per heavy atom. The number of amides is 2. The first kappa shape index (κ1) is 20.4. The SMILES string of the molecule is CN[C@]1(NC(=O)Cc2cccs2)C(=O)N2C(C(=O)O)=C(COC(C)=O)CS[C@@H]21. The van der Waals surface area contributed by atoms with Crippen LogP contribution < -0.4 is 10.6 Å². The average Bonchev–Trinajstić information content (AvgIpc) is 3.15. The molecule has 1 saturated heterocycles. The second kappa shape index (κ2) is 7.94. The Hall–Kier alpha value is -2.37. The standard InChI is InChI=1S/C17H19N3O6S2/c1-9(21)26-7-10-8-28-16-17(18-2,15(25)20(16)13(10)14(23)24)19-12(22)6-11-4-3-5-27-11/h3-5,16,18H,6-8H2,1-2H3,(H,19,22)(H,23,24)/t16-,17+/m1/s1. The summed E-state index contributed by atoms with van der Waals surface area (Å²) in [6, 6.07) is 3.66. The number of thioether (sulfide) groups is 1. The summed E-state index contributed by atoms with van der Waals surface area (Å²) in [6.07, 6.45) is 0.130. The zero-order valence-corrected chi connectivity index (χ0v) is 16.8. The van der Waals surface area contributed by atoms with E-state index in [9.17, 15) is 24.3 Å². The number of likely N-dealkylation sites (N-methyl/N-ethyl adjacent to an activating group) is 1. The molecule has 3 N–H and O–H groups in total. The molecule has 2 amide bonds. The van der Waals surface area contributed by atoms with Crippen molar-refractivity contribution in [3.05, 3.63) is 33.7 Å². The van der Waals surface area contributed by atoms with E-state index in [1.165, 1.54) is 30.0 Å². The molecule has 3 rings (SSSR count). The Morgan fingerprint density at radius 1 is 1.43 bits per heavy atom. The van der Waals surface area contributed by atoms with Crippen molar-refractivity contribution >= 4 is 46.9 Å². The maximum absolute atomic E-state index is 12.9. The van der Waals surface area contributed by atoms with Crippen molar-refractivity contribution in [2.45, 2.75) is 24.4 Å². The molecular weight excluding hydrogens is 406 g/mol. The first-order valence-corrected chi connectivity index (χ1v) is 10.3. The number of ether oxygens (including phenoxy) is 1. The van der Waals surface area contributed by atoms with Gasteiger partial charge in [-0.1, -0.05) is 6.07 Å². The zero-order chi connectivity index (χ0) is 20.5. The number of nitrogens with zero attached hydrogens (tertiary/aromatic N) is 1. The topological polar surface area (TPSA) is 125 Å². The second-order valence-corrected chi connectivity index (χ2v) is 8.34. The van der Waals surface area contributed by atoms with E-state index in [1.54, 1.807) is 7.05 Å². The van der Waals surface area contributed by atoms with Gasteiger partial charge in [0.25, 0.3) is 5.91 Å². The lowest BCUT2D eigenvalue weighted by molar-refractivity contribution is -0.161. The molecule has 3 heterocycles. The van der Waals surface area contributed by atoms with E-state index in [0.29, 0.717) is 5.57 Å². The number of fused-ring (bicyclic) bond motifs is 1. The molecule has 2 atom stereocenters. The van der Waals surface area contributed by atoms with Crippen LogP contribution in [0.4, 0.5) is 0 Å². The van der Waals surface area contributed by atoms with E-state index in [-0.39, 0.29) is 30.4 Å². The van der Waals surface area contributed by atoms with Gasteiger partial charge in [-0.05, 0) is 18.5 Å². The van der Waals surface area contributed by atoms with Gasteiger partial charge in [0, 0.05) is 23.1 Å². The predicted molar refractivity (Wildman–Crippen MR) is 102 cm³/mol. The van der Waals surface area contributed by atoms with E-state index in [1.807, 2.05) is 17.5 Å². The molecule has 0 saturated carbocycles. The number of carboxylic acid groups (broad SMARTS) is 1. The number of carboxylic acids is 1. The minimum atomic E-state index is -1.38. The van der Waals surface area contributed by atoms with Crippen LogP contribution in [0, 0.1) is 0 Å². The highest BCUT2D eigenvalue weighted by Gasteiger charge is 2.65. The quantitative estimate of drug-likeness (QED) is 0.320. The fourth-order valence-electron chi connectivity index (χ4n) is 3.16. The Bertz CT molecular complexity index is 853. The Kier molecular flexibility index (Phi) is 5.77. The molecule has 28 heavy (non-hydrogen) atoms. The third-order valence-electron chi connectivity index (χ3n) is 4.45. The van der Waals surface area contributed by atoms with E-state index >= 15 is 0 Å². The molecule has 2 aliphatic rings. The first-order chi connectivity index (χ1) is 13.3. The molecule has 0 aromatic carbocycles. The molecule has 0 unspecified atom stereocenters.